The van der Waals surface area contributed by atoms with Gasteiger partial charge < -0.3 is 21.3 Å². The van der Waals surface area contributed by atoms with E-state index in [9.17, 15) is 5.11 Å². The van der Waals surface area contributed by atoms with Gasteiger partial charge in [-0.15, -0.1) is 0 Å². The van der Waals surface area contributed by atoms with Crippen LogP contribution in [0.2, 0.25) is 0 Å². The van der Waals surface area contributed by atoms with E-state index in [-0.39, 0.29) is 5.75 Å². The Labute approximate surface area is 233 Å². The maximum absolute atomic E-state index is 11.4. The van der Waals surface area contributed by atoms with E-state index in [0.717, 1.165) is 33.4 Å². The Morgan fingerprint density at radius 3 is 1.48 bits per heavy atom. The number of rotatable bonds is 6. The van der Waals surface area contributed by atoms with Crippen molar-refractivity contribution in [3.05, 3.63) is 140 Å². The molecule has 6 rings (SSSR count). The molecule has 0 spiro atoms. The van der Waals surface area contributed by atoms with Crippen molar-refractivity contribution in [1.29, 1.82) is 0 Å². The van der Waals surface area contributed by atoms with Crippen LogP contribution < -0.4 is 16.2 Å². The summed E-state index contributed by atoms with van der Waals surface area (Å²) < 4.78 is 6.75. The zero-order valence-corrected chi connectivity index (χ0v) is 21.8. The summed E-state index contributed by atoms with van der Waals surface area (Å²) >= 11 is 0. The van der Waals surface area contributed by atoms with Crippen LogP contribution in [0.3, 0.4) is 0 Å². The van der Waals surface area contributed by atoms with Crippen molar-refractivity contribution in [2.45, 2.75) is 0 Å². The highest BCUT2D eigenvalue weighted by Gasteiger charge is 2.29. The minimum Gasteiger partial charge on any atom is -0.507 e. The first-order valence-corrected chi connectivity index (χ1v) is 13.1. The minimum atomic E-state index is 0.0804. The van der Waals surface area contributed by atoms with Gasteiger partial charge in [0.25, 0.3) is 0 Å². The van der Waals surface area contributed by atoms with E-state index in [4.69, 9.17) is 16.2 Å². The van der Waals surface area contributed by atoms with Crippen LogP contribution >= 0.6 is 0 Å². The van der Waals surface area contributed by atoms with Gasteiger partial charge >= 0.3 is 0 Å². The SMILES string of the molecule is Nc1c(N)c(-c2ccccc2)c(-c2ccccc2)c(Oc2ccccc2)c1-c1c(O)cccc1-c1ccccc1. The number of hydrogen-bond donors (Lipinski definition) is 3. The maximum atomic E-state index is 11.4. The molecule has 0 saturated carbocycles. The van der Waals surface area contributed by atoms with Gasteiger partial charge in [0.1, 0.15) is 17.2 Å². The summed E-state index contributed by atoms with van der Waals surface area (Å²) in [6.45, 7) is 0. The fourth-order valence-electron chi connectivity index (χ4n) is 5.17. The van der Waals surface area contributed by atoms with Gasteiger partial charge in [0.2, 0.25) is 0 Å². The lowest BCUT2D eigenvalue weighted by atomic mass is 9.84. The third-order valence-corrected chi connectivity index (χ3v) is 7.00. The summed E-state index contributed by atoms with van der Waals surface area (Å²) in [5.74, 6) is 1.24. The second-order valence-corrected chi connectivity index (χ2v) is 9.49. The summed E-state index contributed by atoms with van der Waals surface area (Å²) in [6.07, 6.45) is 0. The van der Waals surface area contributed by atoms with Gasteiger partial charge in [-0.2, -0.15) is 0 Å². The minimum absolute atomic E-state index is 0.0804. The summed E-state index contributed by atoms with van der Waals surface area (Å²) in [5.41, 5.74) is 20.9. The molecule has 0 bridgehead atoms. The standard InChI is InChI=1S/C36H28N2O2/c37-34-30(25-16-7-2-8-17-25)31(26-18-9-3-10-19-26)36(40-27-20-11-4-12-21-27)33(35(34)38)32-28(22-13-23-29(32)39)24-14-5-1-6-15-24/h1-23,39H,37-38H2. The van der Waals surface area contributed by atoms with Crippen LogP contribution in [0.4, 0.5) is 11.4 Å². The second kappa shape index (κ2) is 10.7. The maximum Gasteiger partial charge on any atom is 0.146 e. The smallest absolute Gasteiger partial charge is 0.146 e. The summed E-state index contributed by atoms with van der Waals surface area (Å²) in [7, 11) is 0. The Hall–Kier alpha value is -5.48. The topological polar surface area (TPSA) is 81.5 Å². The van der Waals surface area contributed by atoms with E-state index in [0.29, 0.717) is 34.0 Å². The highest BCUT2D eigenvalue weighted by molar-refractivity contribution is 6.09. The first kappa shape index (κ1) is 24.8. The fraction of sp³-hybridized carbons (Fsp3) is 0. The van der Waals surface area contributed by atoms with Crippen molar-refractivity contribution in [2.24, 2.45) is 0 Å². The van der Waals surface area contributed by atoms with Crippen LogP contribution in [0.25, 0.3) is 44.5 Å². The average Bonchev–Trinajstić information content (AvgIpc) is 3.01. The van der Waals surface area contributed by atoms with Crippen molar-refractivity contribution in [3.8, 4) is 61.8 Å². The Morgan fingerprint density at radius 2 is 0.900 bits per heavy atom. The number of nitrogens with two attached hydrogens (primary N) is 2. The molecule has 4 nitrogen and oxygen atoms in total. The van der Waals surface area contributed by atoms with Gasteiger partial charge in [0, 0.05) is 16.7 Å². The van der Waals surface area contributed by atoms with Crippen LogP contribution in [0.15, 0.2) is 140 Å². The molecule has 0 atom stereocenters. The number of phenolic OH excluding ortho intramolecular Hbond substituents is 1. The van der Waals surface area contributed by atoms with E-state index in [1.807, 2.05) is 133 Å². The molecule has 0 amide bonds. The number of ether oxygens (including phenoxy) is 1. The largest absolute Gasteiger partial charge is 0.507 e. The average molecular weight is 521 g/mol. The number of hydrogen-bond acceptors (Lipinski definition) is 4. The lowest BCUT2D eigenvalue weighted by molar-refractivity contribution is 0.473. The van der Waals surface area contributed by atoms with Gasteiger partial charge in [-0.3, -0.25) is 0 Å². The van der Waals surface area contributed by atoms with E-state index >= 15 is 0 Å². The third-order valence-electron chi connectivity index (χ3n) is 7.00. The highest BCUT2D eigenvalue weighted by Crippen LogP contribution is 2.56. The molecule has 0 aliphatic rings. The third kappa shape index (κ3) is 4.52. The molecule has 0 radical (unpaired) electrons. The van der Waals surface area contributed by atoms with E-state index < -0.39 is 0 Å². The first-order chi connectivity index (χ1) is 19.6. The van der Waals surface area contributed by atoms with Crippen molar-refractivity contribution in [3.63, 3.8) is 0 Å². The Bertz CT molecular complexity index is 1770. The molecule has 4 heteroatoms. The van der Waals surface area contributed by atoms with Gasteiger partial charge in [0.15, 0.2) is 0 Å². The van der Waals surface area contributed by atoms with Gasteiger partial charge in [-0.05, 0) is 40.5 Å². The van der Waals surface area contributed by atoms with Crippen molar-refractivity contribution in [2.75, 3.05) is 11.5 Å². The molecule has 6 aromatic carbocycles. The molecule has 0 aromatic heterocycles. The molecule has 0 fully saturated rings. The van der Waals surface area contributed by atoms with Crippen molar-refractivity contribution in [1.82, 2.24) is 0 Å². The van der Waals surface area contributed by atoms with Gasteiger partial charge in [-0.1, -0.05) is 121 Å². The quantitative estimate of drug-likeness (QED) is 0.191. The monoisotopic (exact) mass is 520 g/mol. The molecule has 6 aromatic rings. The summed E-state index contributed by atoms with van der Waals surface area (Å²) in [5, 5.41) is 11.4. The van der Waals surface area contributed by atoms with Crippen LogP contribution in [0, 0.1) is 0 Å². The normalized spacial score (nSPS) is 10.8. The predicted octanol–water partition coefficient (Wildman–Crippen LogP) is 9.02. The Balaban J connectivity index is 1.78. The van der Waals surface area contributed by atoms with Crippen LogP contribution in [-0.2, 0) is 0 Å². The van der Waals surface area contributed by atoms with Gasteiger partial charge in [-0.25, -0.2) is 0 Å². The molecular weight excluding hydrogens is 492 g/mol. The molecular formula is C36H28N2O2. The molecule has 0 saturated heterocycles. The molecule has 194 valence electrons. The number of phenols is 1. The fourth-order valence-corrected chi connectivity index (χ4v) is 5.17. The number of para-hydroxylation sites is 1. The molecule has 0 aliphatic heterocycles. The highest BCUT2D eigenvalue weighted by atomic mass is 16.5. The van der Waals surface area contributed by atoms with Gasteiger partial charge in [0.05, 0.1) is 16.9 Å². The lowest BCUT2D eigenvalue weighted by Gasteiger charge is -2.25. The number of anilines is 2. The molecule has 5 N–H and O–H groups in total. The summed E-state index contributed by atoms with van der Waals surface area (Å²) in [4.78, 5) is 0. The Kier molecular flexibility index (Phi) is 6.65. The van der Waals surface area contributed by atoms with E-state index in [2.05, 4.69) is 0 Å². The van der Waals surface area contributed by atoms with Crippen molar-refractivity contribution < 1.29 is 9.84 Å². The Morgan fingerprint density at radius 1 is 0.425 bits per heavy atom. The number of nitrogen functional groups attached to an aromatic ring is 2. The second-order valence-electron chi connectivity index (χ2n) is 9.49. The van der Waals surface area contributed by atoms with E-state index in [1.165, 1.54) is 0 Å². The zero-order chi connectivity index (χ0) is 27.5. The molecule has 0 heterocycles. The van der Waals surface area contributed by atoms with Crippen LogP contribution in [0.5, 0.6) is 17.2 Å². The van der Waals surface area contributed by atoms with Crippen LogP contribution in [-0.4, -0.2) is 5.11 Å². The number of aromatic hydroxyl groups is 1. The molecule has 0 aliphatic carbocycles. The zero-order valence-electron chi connectivity index (χ0n) is 21.8. The summed E-state index contributed by atoms with van der Waals surface area (Å²) in [6, 6.07) is 44.9. The molecule has 0 unspecified atom stereocenters. The first-order valence-electron chi connectivity index (χ1n) is 13.1. The number of benzene rings is 6. The van der Waals surface area contributed by atoms with E-state index in [1.54, 1.807) is 6.07 Å². The van der Waals surface area contributed by atoms with Crippen LogP contribution in [0.1, 0.15) is 0 Å². The molecule has 40 heavy (non-hydrogen) atoms. The predicted molar refractivity (Wildman–Crippen MR) is 165 cm³/mol. The van der Waals surface area contributed by atoms with Crippen molar-refractivity contribution >= 4 is 11.4 Å². The lowest BCUT2D eigenvalue weighted by Crippen LogP contribution is -2.06.